The van der Waals surface area contributed by atoms with Crippen molar-refractivity contribution in [3.05, 3.63) is 46.7 Å². The minimum absolute atomic E-state index is 0.0329. The van der Waals surface area contributed by atoms with Gasteiger partial charge in [-0.3, -0.25) is 10.1 Å². The second kappa shape index (κ2) is 6.14. The number of rotatable bonds is 6. The second-order valence-electron chi connectivity index (χ2n) is 4.87. The molecule has 0 fully saturated rings. The maximum atomic E-state index is 10.9. The smallest absolute Gasteiger partial charge is 0.311 e. The summed E-state index contributed by atoms with van der Waals surface area (Å²) in [6, 6.07) is 2.97. The van der Waals surface area contributed by atoms with Crippen molar-refractivity contribution in [2.75, 3.05) is 5.32 Å². The van der Waals surface area contributed by atoms with E-state index in [0.29, 0.717) is 12.5 Å². The summed E-state index contributed by atoms with van der Waals surface area (Å²) < 4.78 is 2.03. The molecule has 0 bridgehead atoms. The third-order valence-corrected chi connectivity index (χ3v) is 2.76. The molecule has 0 spiro atoms. The van der Waals surface area contributed by atoms with Crippen LogP contribution in [0.15, 0.2) is 30.7 Å². The Labute approximate surface area is 116 Å². The zero-order valence-electron chi connectivity index (χ0n) is 11.5. The van der Waals surface area contributed by atoms with Crippen molar-refractivity contribution in [2.45, 2.75) is 26.9 Å². The predicted octanol–water partition coefficient (Wildman–Crippen LogP) is 2.45. The molecule has 7 nitrogen and oxygen atoms in total. The van der Waals surface area contributed by atoms with Crippen molar-refractivity contribution in [3.63, 3.8) is 0 Å². The normalized spacial score (nSPS) is 10.8. The molecule has 7 heteroatoms. The lowest BCUT2D eigenvalue weighted by molar-refractivity contribution is -0.384. The first-order chi connectivity index (χ1) is 9.58. The van der Waals surface area contributed by atoms with Gasteiger partial charge < -0.3 is 9.88 Å². The fourth-order valence-electron chi connectivity index (χ4n) is 1.91. The first-order valence-corrected chi connectivity index (χ1v) is 6.41. The van der Waals surface area contributed by atoms with Crippen LogP contribution in [0.3, 0.4) is 0 Å². The third kappa shape index (κ3) is 3.31. The fourth-order valence-corrected chi connectivity index (χ4v) is 1.91. The summed E-state index contributed by atoms with van der Waals surface area (Å²) in [4.78, 5) is 18.7. The molecule has 106 valence electrons. The molecule has 2 heterocycles. The highest BCUT2D eigenvalue weighted by atomic mass is 16.6. The average molecular weight is 275 g/mol. The molecule has 0 radical (unpaired) electrons. The molecule has 2 aromatic heterocycles. The molecule has 2 aromatic rings. The number of pyridine rings is 1. The van der Waals surface area contributed by atoms with E-state index in [1.807, 2.05) is 10.8 Å². The van der Waals surface area contributed by atoms with E-state index in [1.165, 1.54) is 12.3 Å². The number of imidazole rings is 1. The monoisotopic (exact) mass is 275 g/mol. The van der Waals surface area contributed by atoms with Gasteiger partial charge in [0.25, 0.3) is 0 Å². The number of aromatic nitrogens is 3. The Balaban J connectivity index is 2.10. The van der Waals surface area contributed by atoms with Crippen LogP contribution in [-0.2, 0) is 13.1 Å². The molecule has 2 rings (SSSR count). The number of nitro groups is 1. The second-order valence-corrected chi connectivity index (χ2v) is 4.87. The minimum Gasteiger partial charge on any atom is -0.357 e. The Morgan fingerprint density at radius 2 is 2.20 bits per heavy atom. The molecule has 0 saturated carbocycles. The van der Waals surface area contributed by atoms with Crippen LogP contribution in [0.5, 0.6) is 0 Å². The van der Waals surface area contributed by atoms with Gasteiger partial charge in [-0.05, 0) is 12.0 Å². The van der Waals surface area contributed by atoms with E-state index in [9.17, 15) is 10.1 Å². The van der Waals surface area contributed by atoms with E-state index >= 15 is 0 Å². The van der Waals surface area contributed by atoms with E-state index < -0.39 is 4.92 Å². The molecular formula is C13H17N5O2. The van der Waals surface area contributed by atoms with E-state index in [2.05, 4.69) is 29.1 Å². The maximum Gasteiger partial charge on any atom is 0.311 e. The quantitative estimate of drug-likeness (QED) is 0.646. The molecule has 0 aromatic carbocycles. The van der Waals surface area contributed by atoms with E-state index in [1.54, 1.807) is 12.3 Å². The fraction of sp³-hybridized carbons (Fsp3) is 0.385. The van der Waals surface area contributed by atoms with Crippen LogP contribution < -0.4 is 5.32 Å². The van der Waals surface area contributed by atoms with Crippen molar-refractivity contribution in [2.24, 2.45) is 5.92 Å². The molecule has 0 atom stereocenters. The summed E-state index contributed by atoms with van der Waals surface area (Å²) in [5.74, 6) is 1.60. The van der Waals surface area contributed by atoms with E-state index in [4.69, 9.17) is 0 Å². The van der Waals surface area contributed by atoms with Crippen LogP contribution in [0.4, 0.5) is 11.5 Å². The van der Waals surface area contributed by atoms with Crippen molar-refractivity contribution in [1.82, 2.24) is 14.5 Å². The average Bonchev–Trinajstić information content (AvgIpc) is 2.83. The summed E-state index contributed by atoms with van der Waals surface area (Å²) in [7, 11) is 0. The first-order valence-electron chi connectivity index (χ1n) is 6.41. The molecule has 0 aliphatic heterocycles. The molecule has 0 aliphatic carbocycles. The SMILES string of the molecule is CC(C)Cn1ccnc1CNc1ncccc1[N+](=O)[O-]. The van der Waals surface area contributed by atoms with Gasteiger partial charge in [0.1, 0.15) is 5.82 Å². The van der Waals surface area contributed by atoms with Crippen LogP contribution in [0.25, 0.3) is 0 Å². The Kier molecular flexibility index (Phi) is 4.29. The third-order valence-electron chi connectivity index (χ3n) is 2.76. The Morgan fingerprint density at radius 3 is 2.90 bits per heavy atom. The molecule has 0 unspecified atom stereocenters. The minimum atomic E-state index is -0.448. The van der Waals surface area contributed by atoms with Gasteiger partial charge in [-0.1, -0.05) is 13.8 Å². The van der Waals surface area contributed by atoms with Gasteiger partial charge in [0, 0.05) is 31.2 Å². The molecule has 0 aliphatic rings. The largest absolute Gasteiger partial charge is 0.357 e. The van der Waals surface area contributed by atoms with Gasteiger partial charge in [0.15, 0.2) is 0 Å². The number of hydrogen-bond acceptors (Lipinski definition) is 5. The van der Waals surface area contributed by atoms with Gasteiger partial charge in [-0.15, -0.1) is 0 Å². The number of nitrogens with zero attached hydrogens (tertiary/aromatic N) is 4. The van der Waals surface area contributed by atoms with Gasteiger partial charge >= 0.3 is 5.69 Å². The maximum absolute atomic E-state index is 10.9. The molecule has 1 N–H and O–H groups in total. The van der Waals surface area contributed by atoms with Crippen molar-refractivity contribution < 1.29 is 4.92 Å². The molecule has 0 amide bonds. The van der Waals surface area contributed by atoms with Crippen molar-refractivity contribution in [3.8, 4) is 0 Å². The standard InChI is InChI=1S/C13H17N5O2/c1-10(2)9-17-7-6-14-12(17)8-16-13-11(18(19)20)4-3-5-15-13/h3-7,10H,8-9H2,1-2H3,(H,15,16). The Hall–Kier alpha value is -2.44. The molecule has 20 heavy (non-hydrogen) atoms. The van der Waals surface area contributed by atoms with Crippen LogP contribution in [0, 0.1) is 16.0 Å². The lowest BCUT2D eigenvalue weighted by Gasteiger charge is -2.11. The summed E-state index contributed by atoms with van der Waals surface area (Å²) in [5.41, 5.74) is -0.0329. The van der Waals surface area contributed by atoms with Crippen LogP contribution in [0.2, 0.25) is 0 Å². The lowest BCUT2D eigenvalue weighted by atomic mass is 10.2. The lowest BCUT2D eigenvalue weighted by Crippen LogP contribution is -2.12. The number of anilines is 1. The van der Waals surface area contributed by atoms with Crippen molar-refractivity contribution in [1.29, 1.82) is 0 Å². The van der Waals surface area contributed by atoms with Crippen LogP contribution in [-0.4, -0.2) is 19.5 Å². The summed E-state index contributed by atoms with van der Waals surface area (Å²) in [6.45, 7) is 5.51. The zero-order valence-corrected chi connectivity index (χ0v) is 11.5. The van der Waals surface area contributed by atoms with Crippen molar-refractivity contribution >= 4 is 11.5 Å². The Bertz CT molecular complexity index is 594. The number of nitrogens with one attached hydrogen (secondary N) is 1. The first kappa shape index (κ1) is 14.0. The summed E-state index contributed by atoms with van der Waals surface area (Å²) >= 11 is 0. The Morgan fingerprint density at radius 1 is 1.40 bits per heavy atom. The van der Waals surface area contributed by atoms with Gasteiger partial charge in [-0.2, -0.15) is 0 Å². The highest BCUT2D eigenvalue weighted by Gasteiger charge is 2.14. The molecular weight excluding hydrogens is 258 g/mol. The van der Waals surface area contributed by atoms with Crippen LogP contribution in [0.1, 0.15) is 19.7 Å². The van der Waals surface area contributed by atoms with Gasteiger partial charge in [0.2, 0.25) is 5.82 Å². The molecule has 0 saturated heterocycles. The van der Waals surface area contributed by atoms with Gasteiger partial charge in [-0.25, -0.2) is 9.97 Å². The van der Waals surface area contributed by atoms with E-state index in [-0.39, 0.29) is 11.5 Å². The zero-order chi connectivity index (χ0) is 14.5. The highest BCUT2D eigenvalue weighted by Crippen LogP contribution is 2.20. The summed E-state index contributed by atoms with van der Waals surface area (Å²) in [5, 5.41) is 13.9. The van der Waals surface area contributed by atoms with E-state index in [0.717, 1.165) is 12.4 Å². The predicted molar refractivity (Wildman–Crippen MR) is 75.3 cm³/mol. The highest BCUT2D eigenvalue weighted by molar-refractivity contribution is 5.54. The van der Waals surface area contributed by atoms with Crippen LogP contribution >= 0.6 is 0 Å². The number of hydrogen-bond donors (Lipinski definition) is 1. The van der Waals surface area contributed by atoms with Gasteiger partial charge in [0.05, 0.1) is 11.5 Å². The summed E-state index contributed by atoms with van der Waals surface area (Å²) in [6.07, 6.45) is 5.16. The topological polar surface area (TPSA) is 85.9 Å².